The Balaban J connectivity index is 1.69. The van der Waals surface area contributed by atoms with E-state index >= 15 is 0 Å². The third kappa shape index (κ3) is 43.0. The molecule has 9 N–H and O–H groups in total. The van der Waals surface area contributed by atoms with Crippen molar-refractivity contribution in [2.45, 2.75) is 357 Å². The normalized spacial score (nSPS) is 23.5. The highest BCUT2D eigenvalue weighted by molar-refractivity contribution is 5.76. The molecule has 0 aromatic heterocycles. The molecular formula is C76H133NO13. The Labute approximate surface area is 547 Å². The quantitative estimate of drug-likeness (QED) is 0.0204. The third-order valence-corrected chi connectivity index (χ3v) is 17.3. The van der Waals surface area contributed by atoms with Crippen molar-refractivity contribution in [1.82, 2.24) is 5.32 Å². The number of carbonyl (C=O) groups excluding carboxylic acids is 1. The van der Waals surface area contributed by atoms with Crippen LogP contribution in [-0.4, -0.2) is 140 Å². The zero-order valence-corrected chi connectivity index (χ0v) is 56.6. The number of nitrogens with one attached hydrogen (secondary N) is 1. The maximum absolute atomic E-state index is 13.3. The number of amides is 1. The first-order valence-electron chi connectivity index (χ1n) is 36.5. The largest absolute Gasteiger partial charge is 0.394 e. The van der Waals surface area contributed by atoms with Gasteiger partial charge in [0.05, 0.1) is 32.0 Å². The first kappa shape index (κ1) is 83.0. The van der Waals surface area contributed by atoms with Crippen molar-refractivity contribution in [1.29, 1.82) is 0 Å². The van der Waals surface area contributed by atoms with Crippen LogP contribution < -0.4 is 5.32 Å². The molecule has 2 aliphatic rings. The van der Waals surface area contributed by atoms with Gasteiger partial charge in [0.2, 0.25) is 5.91 Å². The Morgan fingerprint density at radius 1 is 0.411 bits per heavy atom. The van der Waals surface area contributed by atoms with Crippen LogP contribution in [0.15, 0.2) is 97.2 Å². The summed E-state index contributed by atoms with van der Waals surface area (Å²) >= 11 is 0. The molecule has 0 aromatic rings. The average Bonchev–Trinajstić information content (AvgIpc) is 1.41. The van der Waals surface area contributed by atoms with Gasteiger partial charge in [-0.2, -0.15) is 0 Å². The van der Waals surface area contributed by atoms with Crippen molar-refractivity contribution in [2.24, 2.45) is 0 Å². The Hall–Kier alpha value is -3.09. The van der Waals surface area contributed by atoms with Gasteiger partial charge >= 0.3 is 0 Å². The van der Waals surface area contributed by atoms with Gasteiger partial charge in [0.15, 0.2) is 12.6 Å². The van der Waals surface area contributed by atoms with E-state index in [1.807, 2.05) is 6.08 Å². The first-order chi connectivity index (χ1) is 44.1. The molecule has 14 nitrogen and oxygen atoms in total. The number of aliphatic hydroxyl groups excluding tert-OH is 8. The number of hydrogen-bond acceptors (Lipinski definition) is 13. The van der Waals surface area contributed by atoms with Crippen LogP contribution in [0.4, 0.5) is 0 Å². The van der Waals surface area contributed by atoms with E-state index in [1.165, 1.54) is 161 Å². The molecule has 0 radical (unpaired) electrons. The average molecular weight is 1270 g/mol. The number of unbranched alkanes of at least 4 members (excludes halogenated alkanes) is 32. The van der Waals surface area contributed by atoms with Crippen molar-refractivity contribution in [3.05, 3.63) is 97.2 Å². The molecule has 0 bridgehead atoms. The van der Waals surface area contributed by atoms with Gasteiger partial charge < -0.3 is 65.1 Å². The fraction of sp³-hybridized carbons (Fsp3) is 0.776. The molecule has 14 heteroatoms. The standard InChI is InChI=1S/C76H133NO13/c1-3-5-7-9-11-13-15-17-19-21-23-25-27-29-31-32-34-35-37-39-41-43-45-47-49-51-53-55-57-59-65(80)64(63-87-75-73(86)71(84)74(67(62-79)89-75)90-76-72(85)70(83)69(82)66(61-78)88-76)77-68(81)60-58-56-54-52-50-48-46-44-42-40-38-36-33-30-28-26-24-22-20-18-16-14-12-10-8-6-4-2/h6,8,12,14,18,20,24,26,30,33,38,40,44,46,57,59,64-67,69-76,78-80,82-86H,3-5,7,9-11,13,15-17,19,21-23,25,27-29,31-32,34-37,39,41-43,45,47-56,58,60-63H2,1-2H3,(H,77,81)/b8-6-,14-12-,20-18-,26-24-,33-30-,40-38-,46-44-,59-57+. The maximum Gasteiger partial charge on any atom is 0.220 e. The molecule has 12 unspecified atom stereocenters. The summed E-state index contributed by atoms with van der Waals surface area (Å²) in [6, 6.07) is -0.934. The summed E-state index contributed by atoms with van der Waals surface area (Å²) in [7, 11) is 0. The molecule has 12 atom stereocenters. The van der Waals surface area contributed by atoms with Crippen LogP contribution in [0.1, 0.15) is 284 Å². The summed E-state index contributed by atoms with van der Waals surface area (Å²) < 4.78 is 22.9. The lowest BCUT2D eigenvalue weighted by Gasteiger charge is -2.46. The van der Waals surface area contributed by atoms with E-state index in [0.29, 0.717) is 6.42 Å². The predicted octanol–water partition coefficient (Wildman–Crippen LogP) is 15.3. The van der Waals surface area contributed by atoms with Gasteiger partial charge in [0.1, 0.15) is 48.8 Å². The highest BCUT2D eigenvalue weighted by Crippen LogP contribution is 2.30. The lowest BCUT2D eigenvalue weighted by Crippen LogP contribution is -2.65. The van der Waals surface area contributed by atoms with Crippen LogP contribution in [0, 0.1) is 0 Å². The van der Waals surface area contributed by atoms with Crippen molar-refractivity contribution >= 4 is 5.91 Å². The van der Waals surface area contributed by atoms with Crippen LogP contribution >= 0.6 is 0 Å². The van der Waals surface area contributed by atoms with Crippen LogP contribution in [-0.2, 0) is 23.7 Å². The van der Waals surface area contributed by atoms with Crippen molar-refractivity contribution in [2.75, 3.05) is 19.8 Å². The molecule has 2 rings (SSSR count). The summed E-state index contributed by atoms with van der Waals surface area (Å²) in [5.41, 5.74) is 0. The molecule has 2 fully saturated rings. The number of ether oxygens (including phenoxy) is 4. The van der Waals surface area contributed by atoms with E-state index in [4.69, 9.17) is 18.9 Å². The molecule has 1 amide bonds. The van der Waals surface area contributed by atoms with Gasteiger partial charge in [-0.3, -0.25) is 4.79 Å². The van der Waals surface area contributed by atoms with E-state index in [1.54, 1.807) is 6.08 Å². The first-order valence-corrected chi connectivity index (χ1v) is 36.5. The van der Waals surface area contributed by atoms with Gasteiger partial charge in [-0.1, -0.05) is 297 Å². The van der Waals surface area contributed by atoms with Crippen molar-refractivity contribution in [3.8, 4) is 0 Å². The van der Waals surface area contributed by atoms with Gasteiger partial charge in [0.25, 0.3) is 0 Å². The predicted molar refractivity (Wildman–Crippen MR) is 369 cm³/mol. The Bertz CT molecular complexity index is 1880. The van der Waals surface area contributed by atoms with Gasteiger partial charge in [-0.25, -0.2) is 0 Å². The molecular weight excluding hydrogens is 1130 g/mol. The summed E-state index contributed by atoms with van der Waals surface area (Å²) in [5, 5.41) is 87.5. The van der Waals surface area contributed by atoms with Gasteiger partial charge in [-0.15, -0.1) is 0 Å². The molecule has 90 heavy (non-hydrogen) atoms. The Kier molecular flexibility index (Phi) is 55.0. The fourth-order valence-corrected chi connectivity index (χ4v) is 11.5. The summed E-state index contributed by atoms with van der Waals surface area (Å²) in [6.07, 6.45) is 67.4. The Morgan fingerprint density at radius 3 is 1.18 bits per heavy atom. The highest BCUT2D eigenvalue weighted by atomic mass is 16.7. The van der Waals surface area contributed by atoms with Gasteiger partial charge in [0, 0.05) is 6.42 Å². The van der Waals surface area contributed by atoms with Crippen LogP contribution in [0.25, 0.3) is 0 Å². The minimum absolute atomic E-state index is 0.253. The minimum Gasteiger partial charge on any atom is -0.394 e. The number of allylic oxidation sites excluding steroid dienone is 15. The van der Waals surface area contributed by atoms with Crippen LogP contribution in [0.3, 0.4) is 0 Å². The zero-order valence-electron chi connectivity index (χ0n) is 56.6. The summed E-state index contributed by atoms with van der Waals surface area (Å²) in [6.45, 7) is 2.70. The van der Waals surface area contributed by atoms with E-state index in [-0.39, 0.29) is 18.9 Å². The smallest absolute Gasteiger partial charge is 0.220 e. The molecule has 2 aliphatic heterocycles. The zero-order chi connectivity index (χ0) is 65.2. The lowest BCUT2D eigenvalue weighted by molar-refractivity contribution is -0.359. The summed E-state index contributed by atoms with van der Waals surface area (Å²) in [5.74, 6) is -0.259. The number of rotatable bonds is 59. The second-order valence-electron chi connectivity index (χ2n) is 25.3. The summed E-state index contributed by atoms with van der Waals surface area (Å²) in [4.78, 5) is 13.3. The topological polar surface area (TPSA) is 228 Å². The Morgan fingerprint density at radius 2 is 0.767 bits per heavy atom. The molecule has 520 valence electrons. The van der Waals surface area contributed by atoms with E-state index in [9.17, 15) is 45.6 Å². The third-order valence-electron chi connectivity index (χ3n) is 17.3. The van der Waals surface area contributed by atoms with E-state index in [2.05, 4.69) is 104 Å². The minimum atomic E-state index is -1.80. The van der Waals surface area contributed by atoms with Crippen LogP contribution in [0.5, 0.6) is 0 Å². The highest BCUT2D eigenvalue weighted by Gasteiger charge is 2.51. The fourth-order valence-electron chi connectivity index (χ4n) is 11.5. The van der Waals surface area contributed by atoms with E-state index < -0.39 is 86.8 Å². The van der Waals surface area contributed by atoms with Crippen molar-refractivity contribution < 1.29 is 64.6 Å². The number of hydrogen-bond donors (Lipinski definition) is 9. The maximum atomic E-state index is 13.3. The molecule has 0 aromatic carbocycles. The second kappa shape index (κ2) is 59.6. The molecule has 0 saturated carbocycles. The number of carbonyl (C=O) groups is 1. The van der Waals surface area contributed by atoms with E-state index in [0.717, 1.165) is 96.3 Å². The molecule has 2 saturated heterocycles. The van der Waals surface area contributed by atoms with Gasteiger partial charge in [-0.05, 0) is 77.0 Å². The molecule has 2 heterocycles. The SMILES string of the molecule is CC/C=C\C/C=C\C/C=C\C/C=C\C/C=C\C/C=C\C/C=C\CCCCCCCC(=O)NC(COC1OC(CO)C(OC2OC(CO)C(O)C(O)C2O)C(O)C1O)C(O)/C=C/CCCCCCCCCCCCCCCCCCCCCCCCCCCCC. The second-order valence-corrected chi connectivity index (χ2v) is 25.3. The number of aliphatic hydroxyl groups is 8. The van der Waals surface area contributed by atoms with Crippen molar-refractivity contribution in [3.63, 3.8) is 0 Å². The molecule has 0 aliphatic carbocycles. The molecule has 0 spiro atoms. The van der Waals surface area contributed by atoms with Crippen LogP contribution in [0.2, 0.25) is 0 Å². The monoisotopic (exact) mass is 1270 g/mol. The lowest BCUT2D eigenvalue weighted by atomic mass is 9.97.